The molecular formula is C32H39N3O3S. The van der Waals surface area contributed by atoms with Crippen LogP contribution < -0.4 is 10.6 Å². The predicted molar refractivity (Wildman–Crippen MR) is 153 cm³/mol. The van der Waals surface area contributed by atoms with Crippen molar-refractivity contribution in [3.05, 3.63) is 64.7 Å². The molecule has 0 spiro atoms. The van der Waals surface area contributed by atoms with E-state index < -0.39 is 6.04 Å². The molecule has 3 unspecified atom stereocenters. The van der Waals surface area contributed by atoms with E-state index in [1.807, 2.05) is 12.1 Å². The van der Waals surface area contributed by atoms with Crippen LogP contribution in [0.1, 0.15) is 84.8 Å². The topological polar surface area (TPSA) is 78.5 Å². The van der Waals surface area contributed by atoms with E-state index in [1.54, 1.807) is 16.7 Å². The van der Waals surface area contributed by atoms with Gasteiger partial charge in [0.25, 0.3) is 5.91 Å². The van der Waals surface area contributed by atoms with E-state index in [9.17, 15) is 14.4 Å². The lowest BCUT2D eigenvalue weighted by Crippen LogP contribution is -2.52. The number of hydrogen-bond acceptors (Lipinski definition) is 5. The highest BCUT2D eigenvalue weighted by Crippen LogP contribution is 2.43. The third kappa shape index (κ3) is 6.09. The molecule has 2 aromatic rings. The van der Waals surface area contributed by atoms with Crippen LogP contribution in [0.3, 0.4) is 0 Å². The van der Waals surface area contributed by atoms with Crippen molar-refractivity contribution < 1.29 is 14.4 Å². The molecule has 3 fully saturated rings. The number of rotatable bonds is 9. The molecular weight excluding hydrogens is 506 g/mol. The minimum atomic E-state index is -0.580. The van der Waals surface area contributed by atoms with Crippen molar-refractivity contribution >= 4 is 29.5 Å². The summed E-state index contributed by atoms with van der Waals surface area (Å²) in [7, 11) is 0. The summed E-state index contributed by atoms with van der Waals surface area (Å²) in [5, 5.41) is 6.05. The normalized spacial score (nSPS) is 26.5. The molecule has 6 rings (SSSR count). The predicted octanol–water partition coefficient (Wildman–Crippen LogP) is 5.44. The molecule has 39 heavy (non-hydrogen) atoms. The summed E-state index contributed by atoms with van der Waals surface area (Å²) in [6, 6.07) is 14.1. The molecule has 7 heteroatoms. The fraction of sp³-hybridized carbons (Fsp3) is 0.531. The number of hydrogen-bond donors (Lipinski definition) is 2. The standard InChI is InChI=1S/C32H39N3O3S/c36-30-12-11-28(31(37)34-30)35-19-27-26(32(35)38)5-2-6-29(27)39-20-22-9-7-21(8-10-22)18-33-14-13-25-16-23-3-1-4-24(15-23)17-25/h2,5-10,23-25,28,33H,1,3-4,11-20H2,(H,34,36,37). The van der Waals surface area contributed by atoms with Crippen molar-refractivity contribution in [2.75, 3.05) is 6.54 Å². The van der Waals surface area contributed by atoms with E-state index in [4.69, 9.17) is 0 Å². The van der Waals surface area contributed by atoms with Gasteiger partial charge in [0.2, 0.25) is 11.8 Å². The molecule has 0 aromatic heterocycles. The van der Waals surface area contributed by atoms with Crippen LogP contribution in [-0.2, 0) is 28.4 Å². The zero-order valence-electron chi connectivity index (χ0n) is 22.6. The van der Waals surface area contributed by atoms with Crippen LogP contribution >= 0.6 is 11.8 Å². The highest BCUT2D eigenvalue weighted by atomic mass is 32.2. The van der Waals surface area contributed by atoms with E-state index in [1.165, 1.54) is 56.1 Å². The number of carbonyl (C=O) groups excluding carboxylic acids is 3. The van der Waals surface area contributed by atoms with Crippen molar-refractivity contribution in [1.29, 1.82) is 0 Å². The molecule has 2 bridgehead atoms. The molecule has 4 aliphatic rings. The number of nitrogens with zero attached hydrogens (tertiary/aromatic N) is 1. The highest BCUT2D eigenvalue weighted by molar-refractivity contribution is 7.98. The maximum absolute atomic E-state index is 13.1. The molecule has 2 N–H and O–H groups in total. The number of thioether (sulfide) groups is 1. The van der Waals surface area contributed by atoms with Gasteiger partial charge in [-0.05, 0) is 85.2 Å². The van der Waals surface area contributed by atoms with Gasteiger partial charge in [-0.25, -0.2) is 0 Å². The average molecular weight is 546 g/mol. The van der Waals surface area contributed by atoms with Gasteiger partial charge in [-0.15, -0.1) is 11.8 Å². The highest BCUT2D eigenvalue weighted by Gasteiger charge is 2.39. The Kier molecular flexibility index (Phi) is 8.07. The van der Waals surface area contributed by atoms with Gasteiger partial charge in [0.1, 0.15) is 6.04 Å². The zero-order chi connectivity index (χ0) is 26.8. The number of benzene rings is 2. The van der Waals surface area contributed by atoms with E-state index in [2.05, 4.69) is 41.0 Å². The molecule has 1 saturated heterocycles. The van der Waals surface area contributed by atoms with Crippen LogP contribution in [0.2, 0.25) is 0 Å². The van der Waals surface area contributed by atoms with Crippen LogP contribution in [0.4, 0.5) is 0 Å². The Morgan fingerprint density at radius 2 is 1.69 bits per heavy atom. The Hall–Kier alpha value is -2.64. The molecule has 2 saturated carbocycles. The first-order valence-electron chi connectivity index (χ1n) is 14.7. The van der Waals surface area contributed by atoms with Crippen molar-refractivity contribution in [1.82, 2.24) is 15.5 Å². The van der Waals surface area contributed by atoms with Gasteiger partial charge in [0, 0.05) is 35.7 Å². The van der Waals surface area contributed by atoms with Crippen LogP contribution in [0.15, 0.2) is 47.4 Å². The summed E-state index contributed by atoms with van der Waals surface area (Å²) in [6.07, 6.45) is 10.8. The fourth-order valence-corrected chi connectivity index (χ4v) is 8.29. The van der Waals surface area contributed by atoms with Crippen LogP contribution in [0, 0.1) is 17.8 Å². The van der Waals surface area contributed by atoms with E-state index in [0.717, 1.165) is 47.1 Å². The third-order valence-corrected chi connectivity index (χ3v) is 10.4. The second-order valence-electron chi connectivity index (χ2n) is 12.0. The first kappa shape index (κ1) is 26.6. The summed E-state index contributed by atoms with van der Waals surface area (Å²) in [5.41, 5.74) is 4.22. The molecule has 3 amide bonds. The van der Waals surface area contributed by atoms with Crippen molar-refractivity contribution in [2.24, 2.45) is 17.8 Å². The van der Waals surface area contributed by atoms with Gasteiger partial charge in [-0.1, -0.05) is 49.6 Å². The first-order chi connectivity index (χ1) is 19.0. The summed E-state index contributed by atoms with van der Waals surface area (Å²) >= 11 is 1.73. The maximum atomic E-state index is 13.1. The Morgan fingerprint density at radius 1 is 0.923 bits per heavy atom. The van der Waals surface area contributed by atoms with Gasteiger partial charge in [0.05, 0.1) is 0 Å². The molecule has 6 nitrogen and oxygen atoms in total. The molecule has 2 aliphatic heterocycles. The largest absolute Gasteiger partial charge is 0.322 e. The number of amides is 3. The zero-order valence-corrected chi connectivity index (χ0v) is 23.4. The smallest absolute Gasteiger partial charge is 0.255 e. The number of piperidine rings is 1. The summed E-state index contributed by atoms with van der Waals surface area (Å²) in [6.45, 7) is 2.43. The third-order valence-electron chi connectivity index (χ3n) is 9.24. The van der Waals surface area contributed by atoms with Crippen LogP contribution in [-0.4, -0.2) is 35.2 Å². The molecule has 0 radical (unpaired) electrons. The molecule has 3 atom stereocenters. The minimum Gasteiger partial charge on any atom is -0.322 e. The Balaban J connectivity index is 0.981. The lowest BCUT2D eigenvalue weighted by Gasteiger charge is -2.39. The van der Waals surface area contributed by atoms with E-state index in [0.29, 0.717) is 18.5 Å². The van der Waals surface area contributed by atoms with Gasteiger partial charge in [0.15, 0.2) is 0 Å². The monoisotopic (exact) mass is 545 g/mol. The Morgan fingerprint density at radius 3 is 2.46 bits per heavy atom. The lowest BCUT2D eigenvalue weighted by molar-refractivity contribution is -0.136. The second kappa shape index (κ2) is 11.8. The van der Waals surface area contributed by atoms with Gasteiger partial charge in [-0.3, -0.25) is 19.7 Å². The Bertz CT molecular complexity index is 1220. The van der Waals surface area contributed by atoms with Gasteiger partial charge < -0.3 is 10.2 Å². The minimum absolute atomic E-state index is 0.120. The quantitative estimate of drug-likeness (QED) is 0.249. The number of carbonyl (C=O) groups is 3. The fourth-order valence-electron chi connectivity index (χ4n) is 7.25. The van der Waals surface area contributed by atoms with Crippen molar-refractivity contribution in [3.63, 3.8) is 0 Å². The molecule has 2 aliphatic carbocycles. The van der Waals surface area contributed by atoms with Crippen LogP contribution in [0.25, 0.3) is 0 Å². The second-order valence-corrected chi connectivity index (χ2v) is 13.0. The lowest BCUT2D eigenvalue weighted by atomic mass is 9.67. The van der Waals surface area contributed by atoms with Crippen LogP contribution in [0.5, 0.6) is 0 Å². The SMILES string of the molecule is O=C1CCC(N2Cc3c(SCc4ccc(CNCCC5CC6CCCC(C6)C5)cc4)cccc3C2=O)C(=O)N1. The maximum Gasteiger partial charge on any atom is 0.255 e. The number of nitrogens with one attached hydrogen (secondary N) is 2. The first-order valence-corrected chi connectivity index (χ1v) is 15.7. The van der Waals surface area contributed by atoms with Crippen molar-refractivity contribution in [2.45, 2.75) is 87.6 Å². The molecule has 2 aromatic carbocycles. The summed E-state index contributed by atoms with van der Waals surface area (Å²) in [4.78, 5) is 39.7. The summed E-state index contributed by atoms with van der Waals surface area (Å²) in [5.74, 6) is 3.01. The van der Waals surface area contributed by atoms with E-state index in [-0.39, 0.29) is 24.1 Å². The summed E-state index contributed by atoms with van der Waals surface area (Å²) < 4.78 is 0. The van der Waals surface area contributed by atoms with Gasteiger partial charge >= 0.3 is 0 Å². The van der Waals surface area contributed by atoms with Crippen molar-refractivity contribution in [3.8, 4) is 0 Å². The molecule has 2 heterocycles. The van der Waals surface area contributed by atoms with Gasteiger partial charge in [-0.2, -0.15) is 0 Å². The average Bonchev–Trinajstić information content (AvgIpc) is 3.27. The van der Waals surface area contributed by atoms with E-state index >= 15 is 0 Å². The molecule has 206 valence electrons. The number of fused-ring (bicyclic) bond motifs is 3. The number of imide groups is 1. The Labute approximate surface area is 235 Å².